The fourth-order valence-electron chi connectivity index (χ4n) is 1.30. The maximum absolute atomic E-state index is 5.55. The molecule has 0 amide bonds. The van der Waals surface area contributed by atoms with E-state index in [1.807, 2.05) is 0 Å². The first kappa shape index (κ1) is 10.5. The lowest BCUT2D eigenvalue weighted by molar-refractivity contribution is 1.07. The normalized spacial score (nSPS) is 11.7. The summed E-state index contributed by atoms with van der Waals surface area (Å²) in [4.78, 5) is 0. The van der Waals surface area contributed by atoms with Crippen LogP contribution in [0, 0.1) is 0 Å². The molecule has 0 aliphatic carbocycles. The van der Waals surface area contributed by atoms with Crippen molar-refractivity contribution in [2.45, 2.75) is 32.6 Å². The van der Waals surface area contributed by atoms with Gasteiger partial charge in [-0.15, -0.1) is 0 Å². The monoisotopic (exact) mass is 193 g/mol. The van der Waals surface area contributed by atoms with Crippen LogP contribution >= 0.6 is 0 Å². The van der Waals surface area contributed by atoms with Gasteiger partial charge in [-0.3, -0.25) is 0 Å². The van der Waals surface area contributed by atoms with Crippen molar-refractivity contribution in [2.75, 3.05) is 0 Å². The summed E-state index contributed by atoms with van der Waals surface area (Å²) >= 11 is 0. The average Bonchev–Trinajstić information content (AvgIpc) is 2.18. The number of hydrogen-bond acceptors (Lipinski definition) is 1. The van der Waals surface area contributed by atoms with Crippen LogP contribution in [0.1, 0.15) is 12.5 Å². The molecule has 0 saturated carbocycles. The Labute approximate surface area is 82.0 Å². The van der Waals surface area contributed by atoms with Gasteiger partial charge in [0.05, 0.1) is 8.07 Å². The van der Waals surface area contributed by atoms with Gasteiger partial charge >= 0.3 is 0 Å². The van der Waals surface area contributed by atoms with Gasteiger partial charge < -0.3 is 5.73 Å². The Morgan fingerprint density at radius 3 is 2.08 bits per heavy atom. The molecule has 0 aliphatic rings. The van der Waals surface area contributed by atoms with Crippen molar-refractivity contribution < 1.29 is 0 Å². The first-order chi connectivity index (χ1) is 6.10. The summed E-state index contributed by atoms with van der Waals surface area (Å²) in [6.07, 6.45) is 0. The second kappa shape index (κ2) is 4.07. The molecule has 0 saturated heterocycles. The zero-order valence-electron chi connectivity index (χ0n) is 8.80. The summed E-state index contributed by atoms with van der Waals surface area (Å²) < 4.78 is 0. The molecule has 0 radical (unpaired) electrons. The summed E-state index contributed by atoms with van der Waals surface area (Å²) in [5, 5.41) is 1.53. The van der Waals surface area contributed by atoms with Crippen LogP contribution in [-0.4, -0.2) is 8.07 Å². The predicted octanol–water partition coefficient (Wildman–Crippen LogP) is 2.08. The first-order valence-electron chi connectivity index (χ1n) is 4.89. The zero-order chi connectivity index (χ0) is 9.90. The zero-order valence-corrected chi connectivity index (χ0v) is 9.80. The third-order valence-corrected chi connectivity index (χ3v) is 6.52. The van der Waals surface area contributed by atoms with E-state index in [2.05, 4.69) is 44.3 Å². The third-order valence-electron chi connectivity index (χ3n) is 2.85. The van der Waals surface area contributed by atoms with Crippen LogP contribution < -0.4 is 10.9 Å². The van der Waals surface area contributed by atoms with Crippen LogP contribution in [0.25, 0.3) is 0 Å². The van der Waals surface area contributed by atoms with Crippen molar-refractivity contribution in [3.63, 3.8) is 0 Å². The van der Waals surface area contributed by atoms with Gasteiger partial charge in [-0.05, 0) is 5.56 Å². The van der Waals surface area contributed by atoms with Gasteiger partial charge in [0.1, 0.15) is 0 Å². The Bertz CT molecular complexity index is 264. The molecular weight excluding hydrogens is 174 g/mol. The van der Waals surface area contributed by atoms with Crippen LogP contribution in [0.2, 0.25) is 19.1 Å². The van der Waals surface area contributed by atoms with Crippen LogP contribution in [0.3, 0.4) is 0 Å². The second-order valence-corrected chi connectivity index (χ2v) is 9.19. The van der Waals surface area contributed by atoms with Crippen molar-refractivity contribution in [3.8, 4) is 0 Å². The van der Waals surface area contributed by atoms with Crippen molar-refractivity contribution in [2.24, 2.45) is 5.73 Å². The molecule has 1 aromatic carbocycles. The Morgan fingerprint density at radius 2 is 1.69 bits per heavy atom. The van der Waals surface area contributed by atoms with Gasteiger partial charge in [-0.25, -0.2) is 0 Å². The molecule has 0 aliphatic heterocycles. The molecule has 2 heteroatoms. The highest BCUT2D eigenvalue weighted by Crippen LogP contribution is 2.09. The summed E-state index contributed by atoms with van der Waals surface area (Å²) in [7, 11) is -1.13. The number of nitrogens with two attached hydrogens (primary N) is 1. The molecular formula is C11H19NSi. The van der Waals surface area contributed by atoms with E-state index >= 15 is 0 Å². The molecule has 13 heavy (non-hydrogen) atoms. The van der Waals surface area contributed by atoms with Crippen molar-refractivity contribution >= 4 is 13.3 Å². The fraction of sp³-hybridized carbons (Fsp3) is 0.455. The molecule has 0 aromatic heterocycles. The molecule has 1 aromatic rings. The van der Waals surface area contributed by atoms with E-state index in [9.17, 15) is 0 Å². The quantitative estimate of drug-likeness (QED) is 0.731. The minimum Gasteiger partial charge on any atom is -0.326 e. The lowest BCUT2D eigenvalue weighted by Gasteiger charge is -2.20. The van der Waals surface area contributed by atoms with E-state index in [1.54, 1.807) is 0 Å². The van der Waals surface area contributed by atoms with E-state index in [0.29, 0.717) is 6.54 Å². The minimum absolute atomic E-state index is 0.647. The summed E-state index contributed by atoms with van der Waals surface area (Å²) in [5.74, 6) is 0. The molecule has 2 N–H and O–H groups in total. The molecule has 0 atom stereocenters. The highest BCUT2D eigenvalue weighted by molar-refractivity contribution is 6.89. The van der Waals surface area contributed by atoms with Crippen LogP contribution in [0.5, 0.6) is 0 Å². The second-order valence-electron chi connectivity index (χ2n) is 4.14. The Hall–Kier alpha value is -0.603. The molecule has 1 rings (SSSR count). The van der Waals surface area contributed by atoms with Crippen LogP contribution in [0.4, 0.5) is 0 Å². The Balaban J connectivity index is 2.92. The SMILES string of the molecule is CC[Si](C)(C)c1ccc(CN)cc1. The highest BCUT2D eigenvalue weighted by Gasteiger charge is 2.19. The number of benzene rings is 1. The largest absolute Gasteiger partial charge is 0.326 e. The van der Waals surface area contributed by atoms with Gasteiger partial charge in [-0.2, -0.15) is 0 Å². The predicted molar refractivity (Wildman–Crippen MR) is 61.9 cm³/mol. The topological polar surface area (TPSA) is 26.0 Å². The Kier molecular flexibility index (Phi) is 3.28. The Morgan fingerprint density at radius 1 is 1.15 bits per heavy atom. The van der Waals surface area contributed by atoms with Gasteiger partial charge in [-0.1, -0.05) is 55.5 Å². The minimum atomic E-state index is -1.13. The molecule has 72 valence electrons. The number of rotatable bonds is 3. The van der Waals surface area contributed by atoms with E-state index in [4.69, 9.17) is 5.73 Å². The van der Waals surface area contributed by atoms with Crippen molar-refractivity contribution in [3.05, 3.63) is 29.8 Å². The van der Waals surface area contributed by atoms with Crippen LogP contribution in [0.15, 0.2) is 24.3 Å². The molecule has 0 heterocycles. The maximum Gasteiger partial charge on any atom is 0.0803 e. The molecule has 0 unspecified atom stereocenters. The number of hydrogen-bond donors (Lipinski definition) is 1. The van der Waals surface area contributed by atoms with E-state index in [1.165, 1.54) is 16.8 Å². The van der Waals surface area contributed by atoms with Crippen molar-refractivity contribution in [1.82, 2.24) is 0 Å². The average molecular weight is 193 g/mol. The van der Waals surface area contributed by atoms with E-state index < -0.39 is 8.07 Å². The molecule has 1 nitrogen and oxygen atoms in total. The van der Waals surface area contributed by atoms with Crippen molar-refractivity contribution in [1.29, 1.82) is 0 Å². The molecule has 0 bridgehead atoms. The van der Waals surface area contributed by atoms with Gasteiger partial charge in [0.25, 0.3) is 0 Å². The van der Waals surface area contributed by atoms with Gasteiger partial charge in [0.2, 0.25) is 0 Å². The molecule has 0 spiro atoms. The summed E-state index contributed by atoms with van der Waals surface area (Å²) in [6.45, 7) is 7.74. The fourth-order valence-corrected chi connectivity index (χ4v) is 2.77. The summed E-state index contributed by atoms with van der Waals surface area (Å²) in [5.41, 5.74) is 6.78. The lowest BCUT2D eigenvalue weighted by atomic mass is 10.2. The molecule has 0 fully saturated rings. The van der Waals surface area contributed by atoms with Gasteiger partial charge in [0, 0.05) is 6.54 Å². The smallest absolute Gasteiger partial charge is 0.0803 e. The van der Waals surface area contributed by atoms with E-state index in [-0.39, 0.29) is 0 Å². The van der Waals surface area contributed by atoms with E-state index in [0.717, 1.165) is 0 Å². The standard InChI is InChI=1S/C11H19NSi/c1-4-13(2,3)11-7-5-10(9-12)6-8-11/h5-8H,4,9,12H2,1-3H3. The third kappa shape index (κ3) is 2.42. The van der Waals surface area contributed by atoms with Gasteiger partial charge in [0.15, 0.2) is 0 Å². The lowest BCUT2D eigenvalue weighted by Crippen LogP contribution is -2.40. The van der Waals surface area contributed by atoms with Crippen LogP contribution in [-0.2, 0) is 6.54 Å². The maximum atomic E-state index is 5.55. The highest BCUT2D eigenvalue weighted by atomic mass is 28.3. The first-order valence-corrected chi connectivity index (χ1v) is 8.10. The summed E-state index contributed by atoms with van der Waals surface area (Å²) in [6, 6.07) is 10.1.